The minimum Gasteiger partial charge on any atom is -0.466 e. The number of carbonyl (C=O) groups is 1. The van der Waals surface area contributed by atoms with Gasteiger partial charge in [0.05, 0.1) is 12.0 Å². The van der Waals surface area contributed by atoms with Gasteiger partial charge in [0.2, 0.25) is 0 Å². The van der Waals surface area contributed by atoms with E-state index < -0.39 is 10.9 Å². The van der Waals surface area contributed by atoms with Gasteiger partial charge >= 0.3 is 5.97 Å². The van der Waals surface area contributed by atoms with Crippen molar-refractivity contribution in [1.29, 1.82) is 0 Å². The maximum atomic E-state index is 11.3. The van der Waals surface area contributed by atoms with E-state index >= 15 is 0 Å². The van der Waals surface area contributed by atoms with Crippen LogP contribution in [0.3, 0.4) is 0 Å². The average molecular weight is 316 g/mol. The number of nitro benzene ring substituents is 1. The molecule has 0 saturated heterocycles. The average Bonchev–Trinajstić information content (AvgIpc) is 2.83. The Morgan fingerprint density at radius 3 is 2.74 bits per heavy atom. The van der Waals surface area contributed by atoms with Gasteiger partial charge in [-0.15, -0.1) is 0 Å². The lowest BCUT2D eigenvalue weighted by molar-refractivity contribution is -0.383. The summed E-state index contributed by atoms with van der Waals surface area (Å²) in [6.45, 7) is 1.88. The minimum atomic E-state index is -0.529. The molecule has 0 aliphatic carbocycles. The molecule has 0 saturated carbocycles. The number of benzene rings is 1. The molecule has 0 fully saturated rings. The number of hydrogen-bond donors (Lipinski definition) is 1. The molecule has 0 aliphatic rings. The Morgan fingerprint density at radius 2 is 2.17 bits per heavy atom. The number of esters is 1. The highest BCUT2D eigenvalue weighted by Crippen LogP contribution is 2.28. The molecule has 0 unspecified atom stereocenters. The van der Waals surface area contributed by atoms with Gasteiger partial charge < -0.3 is 10.1 Å². The molecule has 8 nitrogen and oxygen atoms in total. The zero-order chi connectivity index (χ0) is 17.0. The van der Waals surface area contributed by atoms with Crippen molar-refractivity contribution in [2.45, 2.75) is 6.92 Å². The third-order valence-electron chi connectivity index (χ3n) is 3.21. The normalized spacial score (nSPS) is 10.7. The van der Waals surface area contributed by atoms with Crippen LogP contribution in [0.15, 0.2) is 30.3 Å². The number of ether oxygens (including phenoxy) is 1. The molecule has 0 amide bonds. The molecule has 1 aromatic heterocycles. The fourth-order valence-electron chi connectivity index (χ4n) is 1.90. The zero-order valence-corrected chi connectivity index (χ0v) is 12.9. The second kappa shape index (κ2) is 6.73. The summed E-state index contributed by atoms with van der Waals surface area (Å²) in [6, 6.07) is 6.38. The topological polar surface area (TPSA) is 99.3 Å². The number of carbonyl (C=O) groups excluding carboxylic acids is 1. The third kappa shape index (κ3) is 3.94. The van der Waals surface area contributed by atoms with Crippen molar-refractivity contribution in [2.75, 3.05) is 12.4 Å². The van der Waals surface area contributed by atoms with Crippen LogP contribution < -0.4 is 5.32 Å². The SMILES string of the molecule is COC(=O)/C=C/c1ccc(Nc2cc(C)n(C)n2)c([N+](=O)[O-])c1. The van der Waals surface area contributed by atoms with Crippen molar-refractivity contribution < 1.29 is 14.5 Å². The Kier molecular flexibility index (Phi) is 4.75. The van der Waals surface area contributed by atoms with Crippen molar-refractivity contribution >= 4 is 29.2 Å². The van der Waals surface area contributed by atoms with Gasteiger partial charge in [-0.3, -0.25) is 14.8 Å². The maximum absolute atomic E-state index is 11.3. The number of anilines is 2. The fraction of sp³-hybridized carbons (Fsp3) is 0.200. The van der Waals surface area contributed by atoms with E-state index in [4.69, 9.17) is 0 Å². The molecule has 0 radical (unpaired) electrons. The van der Waals surface area contributed by atoms with Gasteiger partial charge in [-0.1, -0.05) is 6.07 Å². The van der Waals surface area contributed by atoms with Crippen molar-refractivity contribution in [1.82, 2.24) is 9.78 Å². The van der Waals surface area contributed by atoms with E-state index in [0.29, 0.717) is 17.1 Å². The standard InChI is InChI=1S/C15H16N4O4/c1-10-8-14(17-18(10)2)16-12-6-4-11(5-7-15(20)23-3)9-13(12)19(21)22/h4-9H,1-3H3,(H,16,17)/b7-5+. The molecule has 0 bridgehead atoms. The largest absolute Gasteiger partial charge is 0.466 e. The maximum Gasteiger partial charge on any atom is 0.330 e. The number of nitro groups is 1. The first-order valence-electron chi connectivity index (χ1n) is 6.73. The Balaban J connectivity index is 2.31. The number of aryl methyl sites for hydroxylation is 2. The van der Waals surface area contributed by atoms with Gasteiger partial charge in [0.25, 0.3) is 5.69 Å². The molecule has 2 aromatic rings. The molecule has 0 atom stereocenters. The molecule has 1 heterocycles. The van der Waals surface area contributed by atoms with Crippen molar-refractivity contribution in [3.8, 4) is 0 Å². The summed E-state index contributed by atoms with van der Waals surface area (Å²) in [5.74, 6) is -0.00947. The van der Waals surface area contributed by atoms with Gasteiger partial charge in [0.1, 0.15) is 5.69 Å². The molecule has 8 heteroatoms. The summed E-state index contributed by atoms with van der Waals surface area (Å²) in [7, 11) is 3.05. The van der Waals surface area contributed by atoms with E-state index in [0.717, 1.165) is 5.69 Å². The number of methoxy groups -OCH3 is 1. The number of nitrogens with one attached hydrogen (secondary N) is 1. The van der Waals surface area contributed by atoms with Crippen molar-refractivity contribution in [3.05, 3.63) is 51.7 Å². The number of aromatic nitrogens is 2. The quantitative estimate of drug-likeness (QED) is 0.394. The highest BCUT2D eigenvalue weighted by molar-refractivity contribution is 5.87. The van der Waals surface area contributed by atoms with Crippen molar-refractivity contribution in [3.63, 3.8) is 0 Å². The van der Waals surface area contributed by atoms with E-state index in [1.807, 2.05) is 6.92 Å². The summed E-state index contributed by atoms with van der Waals surface area (Å²) in [4.78, 5) is 21.8. The monoisotopic (exact) mass is 316 g/mol. The summed E-state index contributed by atoms with van der Waals surface area (Å²) in [5.41, 5.74) is 1.65. The molecule has 2 rings (SSSR count). The lowest BCUT2D eigenvalue weighted by Gasteiger charge is -2.05. The smallest absolute Gasteiger partial charge is 0.330 e. The van der Waals surface area contributed by atoms with Crippen LogP contribution in [0, 0.1) is 17.0 Å². The lowest BCUT2D eigenvalue weighted by Crippen LogP contribution is -1.99. The van der Waals surface area contributed by atoms with E-state index in [1.54, 1.807) is 29.9 Å². The highest BCUT2D eigenvalue weighted by Gasteiger charge is 2.15. The first-order chi connectivity index (χ1) is 10.9. The Labute approximate surface area is 132 Å². The lowest BCUT2D eigenvalue weighted by atomic mass is 10.1. The van der Waals surface area contributed by atoms with Gasteiger partial charge in [-0.2, -0.15) is 5.10 Å². The van der Waals surface area contributed by atoms with Gasteiger partial charge in [-0.25, -0.2) is 4.79 Å². The van der Waals surface area contributed by atoms with Crippen LogP contribution in [0.4, 0.5) is 17.2 Å². The molecule has 23 heavy (non-hydrogen) atoms. The zero-order valence-electron chi connectivity index (χ0n) is 12.9. The molecular weight excluding hydrogens is 300 g/mol. The number of hydrogen-bond acceptors (Lipinski definition) is 6. The van der Waals surface area contributed by atoms with Crippen LogP contribution in [0.25, 0.3) is 6.08 Å². The predicted octanol–water partition coefficient (Wildman–Crippen LogP) is 2.57. The predicted molar refractivity (Wildman–Crippen MR) is 85.4 cm³/mol. The second-order valence-corrected chi connectivity index (χ2v) is 4.81. The molecule has 1 aromatic carbocycles. The van der Waals surface area contributed by atoms with Crippen molar-refractivity contribution in [2.24, 2.45) is 7.05 Å². The Morgan fingerprint density at radius 1 is 1.43 bits per heavy atom. The van der Waals surface area contributed by atoms with Crippen LogP contribution in [-0.4, -0.2) is 27.8 Å². The van der Waals surface area contributed by atoms with Gasteiger partial charge in [0.15, 0.2) is 5.82 Å². The summed E-state index contributed by atoms with van der Waals surface area (Å²) in [5, 5.41) is 18.4. The van der Waals surface area contributed by atoms with Gasteiger partial charge in [0, 0.05) is 31.0 Å². The van der Waals surface area contributed by atoms with Crippen LogP contribution >= 0.6 is 0 Å². The summed E-state index contributed by atoms with van der Waals surface area (Å²) in [6.07, 6.45) is 2.65. The highest BCUT2D eigenvalue weighted by atomic mass is 16.6. The molecule has 120 valence electrons. The number of rotatable bonds is 5. The van der Waals surface area contributed by atoms with E-state index in [2.05, 4.69) is 15.2 Å². The molecular formula is C15H16N4O4. The minimum absolute atomic E-state index is 0.111. The fourth-order valence-corrected chi connectivity index (χ4v) is 1.90. The Bertz CT molecular complexity index is 760. The van der Waals surface area contributed by atoms with E-state index in [9.17, 15) is 14.9 Å². The van der Waals surface area contributed by atoms with Crippen LogP contribution in [-0.2, 0) is 16.6 Å². The van der Waals surface area contributed by atoms with Gasteiger partial charge in [-0.05, 0) is 24.6 Å². The van der Waals surface area contributed by atoms with Crippen LogP contribution in [0.5, 0.6) is 0 Å². The van der Waals surface area contributed by atoms with E-state index in [1.165, 1.54) is 25.3 Å². The first-order valence-corrected chi connectivity index (χ1v) is 6.73. The number of nitrogens with zero attached hydrogens (tertiary/aromatic N) is 3. The van der Waals surface area contributed by atoms with Crippen LogP contribution in [0.2, 0.25) is 0 Å². The van der Waals surface area contributed by atoms with Crippen LogP contribution in [0.1, 0.15) is 11.3 Å². The molecule has 1 N–H and O–H groups in total. The summed E-state index contributed by atoms with van der Waals surface area (Å²) < 4.78 is 6.15. The molecule has 0 spiro atoms. The summed E-state index contributed by atoms with van der Waals surface area (Å²) >= 11 is 0. The molecule has 0 aliphatic heterocycles. The first kappa shape index (κ1) is 16.2. The third-order valence-corrected chi connectivity index (χ3v) is 3.21. The second-order valence-electron chi connectivity index (χ2n) is 4.81. The Hall–Kier alpha value is -3.16. The van der Waals surface area contributed by atoms with E-state index in [-0.39, 0.29) is 5.69 Å².